The number of aliphatic hydroxyl groups excluding tert-OH is 1. The van der Waals surface area contributed by atoms with Crippen molar-refractivity contribution in [1.29, 1.82) is 0 Å². The third kappa shape index (κ3) is 2.07. The summed E-state index contributed by atoms with van der Waals surface area (Å²) in [5.41, 5.74) is 0. The monoisotopic (exact) mass is 199 g/mol. The Morgan fingerprint density at radius 2 is 2.00 bits per heavy atom. The summed E-state index contributed by atoms with van der Waals surface area (Å²) in [5, 5.41) is 21.6. The Balaban J connectivity index is 1.89. The van der Waals surface area contributed by atoms with Crippen LogP contribution in [0.25, 0.3) is 0 Å². The van der Waals surface area contributed by atoms with Gasteiger partial charge in [-0.3, -0.25) is 10.1 Å². The van der Waals surface area contributed by atoms with Crippen molar-refractivity contribution in [2.24, 2.45) is 5.92 Å². The summed E-state index contributed by atoms with van der Waals surface area (Å²) in [6.07, 6.45) is 4.36. The number of aliphatic carboxylic acids is 1. The van der Waals surface area contributed by atoms with Gasteiger partial charge in [0.15, 0.2) is 0 Å². The molecule has 0 aromatic carbocycles. The minimum absolute atomic E-state index is 0.00306. The van der Waals surface area contributed by atoms with E-state index < -0.39 is 12.0 Å². The smallest absolute Gasteiger partial charge is 0.320 e. The number of nitrogens with one attached hydrogen (secondary N) is 1. The van der Waals surface area contributed by atoms with Gasteiger partial charge in [-0.25, -0.2) is 0 Å². The van der Waals surface area contributed by atoms with E-state index in [1.165, 1.54) is 0 Å². The van der Waals surface area contributed by atoms with Gasteiger partial charge in [0.05, 0.1) is 6.10 Å². The largest absolute Gasteiger partial charge is 0.480 e. The van der Waals surface area contributed by atoms with Crippen LogP contribution < -0.4 is 5.32 Å². The van der Waals surface area contributed by atoms with Crippen molar-refractivity contribution in [1.82, 2.24) is 5.32 Å². The third-order valence-electron chi connectivity index (χ3n) is 3.23. The molecule has 0 aliphatic heterocycles. The van der Waals surface area contributed by atoms with Crippen molar-refractivity contribution in [3.8, 4) is 0 Å². The van der Waals surface area contributed by atoms with E-state index in [4.69, 9.17) is 5.11 Å². The normalized spacial score (nSPS) is 34.4. The van der Waals surface area contributed by atoms with Crippen molar-refractivity contribution in [2.45, 2.75) is 50.3 Å². The maximum absolute atomic E-state index is 10.9. The zero-order chi connectivity index (χ0) is 10.1. The van der Waals surface area contributed by atoms with Crippen LogP contribution in [0.2, 0.25) is 0 Å². The second-order valence-electron chi connectivity index (χ2n) is 4.42. The highest BCUT2D eigenvalue weighted by Gasteiger charge is 2.39. The molecule has 14 heavy (non-hydrogen) atoms. The highest BCUT2D eigenvalue weighted by atomic mass is 16.4. The first-order valence-electron chi connectivity index (χ1n) is 5.35. The van der Waals surface area contributed by atoms with E-state index in [0.717, 1.165) is 32.1 Å². The second-order valence-corrected chi connectivity index (χ2v) is 4.42. The lowest BCUT2D eigenvalue weighted by Crippen LogP contribution is -2.47. The van der Waals surface area contributed by atoms with Gasteiger partial charge in [0.25, 0.3) is 0 Å². The van der Waals surface area contributed by atoms with Crippen LogP contribution in [-0.4, -0.2) is 34.4 Å². The minimum atomic E-state index is -0.772. The van der Waals surface area contributed by atoms with E-state index in [0.29, 0.717) is 5.92 Å². The van der Waals surface area contributed by atoms with E-state index in [-0.39, 0.29) is 12.1 Å². The number of rotatable bonds is 4. The third-order valence-corrected chi connectivity index (χ3v) is 3.23. The van der Waals surface area contributed by atoms with Crippen molar-refractivity contribution in [3.63, 3.8) is 0 Å². The molecular formula is C10H17NO3. The Morgan fingerprint density at radius 3 is 2.43 bits per heavy atom. The molecule has 2 saturated carbocycles. The lowest BCUT2D eigenvalue weighted by atomic mass is 10.1. The van der Waals surface area contributed by atoms with Crippen LogP contribution in [0.1, 0.15) is 32.1 Å². The summed E-state index contributed by atoms with van der Waals surface area (Å²) in [7, 11) is 0. The van der Waals surface area contributed by atoms with Crippen molar-refractivity contribution < 1.29 is 15.0 Å². The fourth-order valence-electron chi connectivity index (χ4n) is 2.20. The van der Waals surface area contributed by atoms with Crippen molar-refractivity contribution in [2.75, 3.05) is 0 Å². The maximum atomic E-state index is 10.9. The van der Waals surface area contributed by atoms with Crippen molar-refractivity contribution >= 4 is 5.97 Å². The molecule has 0 heterocycles. The van der Waals surface area contributed by atoms with Gasteiger partial charge >= 0.3 is 5.97 Å². The molecule has 0 saturated heterocycles. The number of aliphatic hydroxyl groups is 1. The average Bonchev–Trinajstić information content (AvgIpc) is 2.87. The molecule has 3 unspecified atom stereocenters. The predicted octanol–water partition coefficient (Wildman–Crippen LogP) is 0.353. The van der Waals surface area contributed by atoms with Crippen LogP contribution >= 0.6 is 0 Å². The van der Waals surface area contributed by atoms with E-state index >= 15 is 0 Å². The SMILES string of the molecule is O=C(O)C(NC1CCCC1O)C1CC1. The number of hydrogen-bond donors (Lipinski definition) is 3. The molecule has 0 bridgehead atoms. The van der Waals surface area contributed by atoms with Crippen LogP contribution in [0, 0.1) is 5.92 Å². The molecule has 2 aliphatic rings. The number of carbonyl (C=O) groups is 1. The summed E-state index contributed by atoms with van der Waals surface area (Å²) < 4.78 is 0. The Labute approximate surface area is 83.3 Å². The number of carboxylic acid groups (broad SMARTS) is 1. The first-order valence-corrected chi connectivity index (χ1v) is 5.35. The van der Waals surface area contributed by atoms with E-state index in [9.17, 15) is 9.90 Å². The first-order chi connectivity index (χ1) is 6.68. The Morgan fingerprint density at radius 1 is 1.29 bits per heavy atom. The van der Waals surface area contributed by atoms with Crippen LogP contribution in [0.5, 0.6) is 0 Å². The molecule has 0 aromatic heterocycles. The second kappa shape index (κ2) is 3.87. The van der Waals surface area contributed by atoms with E-state index in [1.54, 1.807) is 0 Å². The Bertz CT molecular complexity index is 227. The van der Waals surface area contributed by atoms with Gasteiger partial charge in [0.2, 0.25) is 0 Å². The summed E-state index contributed by atoms with van der Waals surface area (Å²) in [4.78, 5) is 10.9. The molecule has 2 rings (SSSR count). The van der Waals surface area contributed by atoms with Gasteiger partial charge in [-0.05, 0) is 38.0 Å². The zero-order valence-electron chi connectivity index (χ0n) is 8.15. The van der Waals surface area contributed by atoms with E-state index in [2.05, 4.69) is 5.32 Å². The van der Waals surface area contributed by atoms with Crippen LogP contribution in [0.15, 0.2) is 0 Å². The number of hydrogen-bond acceptors (Lipinski definition) is 3. The summed E-state index contributed by atoms with van der Waals surface area (Å²) >= 11 is 0. The Hall–Kier alpha value is -0.610. The quantitative estimate of drug-likeness (QED) is 0.611. The van der Waals surface area contributed by atoms with Gasteiger partial charge in [0, 0.05) is 6.04 Å². The number of carboxylic acids is 1. The fourth-order valence-corrected chi connectivity index (χ4v) is 2.20. The molecule has 0 spiro atoms. The molecule has 3 N–H and O–H groups in total. The molecule has 2 aliphatic carbocycles. The van der Waals surface area contributed by atoms with Gasteiger partial charge in [-0.15, -0.1) is 0 Å². The van der Waals surface area contributed by atoms with Gasteiger partial charge < -0.3 is 10.2 Å². The molecule has 0 radical (unpaired) electrons. The molecule has 3 atom stereocenters. The molecule has 80 valence electrons. The molecule has 0 amide bonds. The average molecular weight is 199 g/mol. The lowest BCUT2D eigenvalue weighted by Gasteiger charge is -2.21. The summed E-state index contributed by atoms with van der Waals surface area (Å²) in [5.74, 6) is -0.480. The molecule has 4 nitrogen and oxygen atoms in total. The van der Waals surface area contributed by atoms with Gasteiger partial charge in [-0.1, -0.05) is 0 Å². The highest BCUT2D eigenvalue weighted by Crippen LogP contribution is 2.34. The van der Waals surface area contributed by atoms with Crippen LogP contribution in [0.3, 0.4) is 0 Å². The van der Waals surface area contributed by atoms with E-state index in [1.807, 2.05) is 0 Å². The van der Waals surface area contributed by atoms with Crippen LogP contribution in [0.4, 0.5) is 0 Å². The zero-order valence-corrected chi connectivity index (χ0v) is 8.15. The minimum Gasteiger partial charge on any atom is -0.480 e. The summed E-state index contributed by atoms with van der Waals surface area (Å²) in [6, 6.07) is -0.440. The molecule has 2 fully saturated rings. The molecule has 4 heteroatoms. The predicted molar refractivity (Wildman–Crippen MR) is 50.9 cm³/mol. The lowest BCUT2D eigenvalue weighted by molar-refractivity contribution is -0.140. The summed E-state index contributed by atoms with van der Waals surface area (Å²) in [6.45, 7) is 0. The highest BCUT2D eigenvalue weighted by molar-refractivity contribution is 5.74. The van der Waals surface area contributed by atoms with Crippen LogP contribution in [-0.2, 0) is 4.79 Å². The standard InChI is InChI=1S/C10H17NO3/c12-8-3-1-2-7(8)11-9(10(13)14)6-4-5-6/h6-9,11-12H,1-5H2,(H,13,14). The molecular weight excluding hydrogens is 182 g/mol. The first kappa shape index (κ1) is 9.93. The molecule has 0 aromatic rings. The maximum Gasteiger partial charge on any atom is 0.320 e. The topological polar surface area (TPSA) is 69.6 Å². The van der Waals surface area contributed by atoms with Gasteiger partial charge in [0.1, 0.15) is 6.04 Å². The van der Waals surface area contributed by atoms with Gasteiger partial charge in [-0.2, -0.15) is 0 Å². The van der Waals surface area contributed by atoms with Crippen molar-refractivity contribution in [3.05, 3.63) is 0 Å². The fraction of sp³-hybridized carbons (Fsp3) is 0.900. The Kier molecular flexibility index (Phi) is 2.74.